The van der Waals surface area contributed by atoms with E-state index in [9.17, 15) is 9.59 Å². The molecule has 1 saturated heterocycles. The Labute approximate surface area is 141 Å². The topological polar surface area (TPSA) is 62.5 Å². The number of nitrogens with zero attached hydrogens (tertiary/aromatic N) is 2. The lowest BCUT2D eigenvalue weighted by molar-refractivity contribution is -0.141. The summed E-state index contributed by atoms with van der Waals surface area (Å²) in [5, 5.41) is 9.12. The second-order valence-corrected chi connectivity index (χ2v) is 6.53. The highest BCUT2D eigenvalue weighted by atomic mass is 16.4. The number of carbonyl (C=O) groups is 2. The van der Waals surface area contributed by atoms with Gasteiger partial charge in [0.25, 0.3) is 5.91 Å². The van der Waals surface area contributed by atoms with Crippen molar-refractivity contribution in [1.82, 2.24) is 9.47 Å². The molecule has 1 aromatic carbocycles. The fraction of sp³-hybridized carbons (Fsp3) is 0.368. The van der Waals surface area contributed by atoms with E-state index in [1.54, 1.807) is 4.90 Å². The number of carboxylic acids is 1. The van der Waals surface area contributed by atoms with Gasteiger partial charge >= 0.3 is 5.97 Å². The molecule has 1 atom stereocenters. The maximum absolute atomic E-state index is 12.8. The number of benzene rings is 1. The highest BCUT2D eigenvalue weighted by Crippen LogP contribution is 2.25. The highest BCUT2D eigenvalue weighted by Gasteiger charge is 2.32. The van der Waals surface area contributed by atoms with Gasteiger partial charge in [-0.25, -0.2) is 0 Å². The third-order valence-electron chi connectivity index (χ3n) is 4.75. The van der Waals surface area contributed by atoms with Crippen molar-refractivity contribution < 1.29 is 14.7 Å². The first-order chi connectivity index (χ1) is 11.4. The zero-order valence-electron chi connectivity index (χ0n) is 14.2. The Morgan fingerprint density at radius 2 is 1.92 bits per heavy atom. The summed E-state index contributed by atoms with van der Waals surface area (Å²) in [5.41, 5.74) is 4.74. The van der Waals surface area contributed by atoms with Gasteiger partial charge in [0.2, 0.25) is 0 Å². The second kappa shape index (κ2) is 6.15. The van der Waals surface area contributed by atoms with Gasteiger partial charge in [0, 0.05) is 30.2 Å². The van der Waals surface area contributed by atoms with Crippen molar-refractivity contribution in [3.8, 4) is 5.69 Å². The van der Waals surface area contributed by atoms with Crippen LogP contribution in [0.4, 0.5) is 0 Å². The van der Waals surface area contributed by atoms with E-state index in [0.717, 1.165) is 22.6 Å². The van der Waals surface area contributed by atoms with Gasteiger partial charge in [-0.1, -0.05) is 12.1 Å². The van der Waals surface area contributed by atoms with Crippen LogP contribution in [-0.4, -0.2) is 39.5 Å². The number of likely N-dealkylation sites (tertiary alicyclic amines) is 1. The fourth-order valence-corrected chi connectivity index (χ4v) is 3.46. The van der Waals surface area contributed by atoms with Crippen LogP contribution >= 0.6 is 0 Å². The van der Waals surface area contributed by atoms with Gasteiger partial charge in [0.15, 0.2) is 0 Å². The summed E-state index contributed by atoms with van der Waals surface area (Å²) in [6, 6.07) is 10.1. The van der Waals surface area contributed by atoms with Crippen LogP contribution < -0.4 is 0 Å². The first kappa shape index (κ1) is 16.3. The molecular formula is C19H22N2O3. The molecular weight excluding hydrogens is 304 g/mol. The average Bonchev–Trinajstić information content (AvgIpc) is 3.12. The SMILES string of the molecule is Cc1cccc(-n2c(C)cc(C(=O)N3CCC(C(=O)O)C3)c2C)c1. The van der Waals surface area contributed by atoms with Crippen LogP contribution in [-0.2, 0) is 4.79 Å². The van der Waals surface area contributed by atoms with E-state index < -0.39 is 11.9 Å². The fourth-order valence-electron chi connectivity index (χ4n) is 3.46. The van der Waals surface area contributed by atoms with Crippen LogP contribution in [0.25, 0.3) is 5.69 Å². The Hall–Kier alpha value is -2.56. The number of carboxylic acid groups (broad SMARTS) is 1. The van der Waals surface area contributed by atoms with E-state index >= 15 is 0 Å². The van der Waals surface area contributed by atoms with Gasteiger partial charge in [-0.15, -0.1) is 0 Å². The summed E-state index contributed by atoms with van der Waals surface area (Å²) in [6.07, 6.45) is 0.525. The normalized spacial score (nSPS) is 17.3. The molecule has 0 radical (unpaired) electrons. The molecule has 0 bridgehead atoms. The molecule has 0 aliphatic carbocycles. The Balaban J connectivity index is 1.92. The summed E-state index contributed by atoms with van der Waals surface area (Å²) < 4.78 is 2.07. The molecule has 1 aromatic heterocycles. The quantitative estimate of drug-likeness (QED) is 0.943. The molecule has 1 N–H and O–H groups in total. The summed E-state index contributed by atoms with van der Waals surface area (Å²) in [5.74, 6) is -1.35. The van der Waals surface area contributed by atoms with Crippen LogP contribution in [0.5, 0.6) is 0 Å². The summed E-state index contributed by atoms with van der Waals surface area (Å²) in [4.78, 5) is 25.6. The summed E-state index contributed by atoms with van der Waals surface area (Å²) in [7, 11) is 0. The Morgan fingerprint density at radius 1 is 1.17 bits per heavy atom. The van der Waals surface area contributed by atoms with Crippen molar-refractivity contribution in [1.29, 1.82) is 0 Å². The van der Waals surface area contributed by atoms with Gasteiger partial charge in [-0.05, 0) is 51.0 Å². The number of aryl methyl sites for hydroxylation is 2. The van der Waals surface area contributed by atoms with Gasteiger partial charge < -0.3 is 14.6 Å². The van der Waals surface area contributed by atoms with Crippen LogP contribution in [0.3, 0.4) is 0 Å². The van der Waals surface area contributed by atoms with E-state index in [0.29, 0.717) is 25.1 Å². The van der Waals surface area contributed by atoms with E-state index in [1.807, 2.05) is 45.0 Å². The third kappa shape index (κ3) is 2.82. The van der Waals surface area contributed by atoms with Crippen molar-refractivity contribution in [2.24, 2.45) is 5.92 Å². The third-order valence-corrected chi connectivity index (χ3v) is 4.75. The maximum atomic E-state index is 12.8. The van der Waals surface area contributed by atoms with E-state index in [4.69, 9.17) is 5.11 Å². The first-order valence-electron chi connectivity index (χ1n) is 8.16. The molecule has 0 spiro atoms. The molecule has 126 valence electrons. The maximum Gasteiger partial charge on any atom is 0.308 e. The Kier molecular flexibility index (Phi) is 4.18. The molecule has 5 nitrogen and oxygen atoms in total. The molecule has 1 unspecified atom stereocenters. The summed E-state index contributed by atoms with van der Waals surface area (Å²) in [6.45, 7) is 6.76. The Morgan fingerprint density at radius 3 is 2.54 bits per heavy atom. The first-order valence-corrected chi connectivity index (χ1v) is 8.16. The lowest BCUT2D eigenvalue weighted by Gasteiger charge is -2.16. The van der Waals surface area contributed by atoms with E-state index in [2.05, 4.69) is 10.6 Å². The van der Waals surface area contributed by atoms with Gasteiger partial charge in [-0.3, -0.25) is 9.59 Å². The van der Waals surface area contributed by atoms with Gasteiger partial charge in [-0.2, -0.15) is 0 Å². The minimum absolute atomic E-state index is 0.0780. The number of rotatable bonds is 3. The second-order valence-electron chi connectivity index (χ2n) is 6.53. The number of hydrogen-bond acceptors (Lipinski definition) is 2. The average molecular weight is 326 g/mol. The zero-order chi connectivity index (χ0) is 17.4. The molecule has 1 fully saturated rings. The van der Waals surface area contributed by atoms with Crippen molar-refractivity contribution >= 4 is 11.9 Å². The van der Waals surface area contributed by atoms with Crippen LogP contribution in [0.15, 0.2) is 30.3 Å². The molecule has 1 amide bonds. The minimum atomic E-state index is -0.824. The molecule has 2 aromatic rings. The molecule has 2 heterocycles. The molecule has 0 saturated carbocycles. The zero-order valence-corrected chi connectivity index (χ0v) is 14.2. The monoisotopic (exact) mass is 326 g/mol. The molecule has 1 aliphatic rings. The lowest BCUT2D eigenvalue weighted by atomic mass is 10.1. The van der Waals surface area contributed by atoms with Gasteiger partial charge in [0.1, 0.15) is 0 Å². The number of aliphatic carboxylic acids is 1. The molecule has 3 rings (SSSR count). The van der Waals surface area contributed by atoms with Crippen LogP contribution in [0.1, 0.15) is 33.7 Å². The van der Waals surface area contributed by atoms with Crippen LogP contribution in [0.2, 0.25) is 0 Å². The van der Waals surface area contributed by atoms with Gasteiger partial charge in [0.05, 0.1) is 11.5 Å². The van der Waals surface area contributed by atoms with E-state index in [-0.39, 0.29) is 5.91 Å². The molecule has 24 heavy (non-hydrogen) atoms. The number of aromatic nitrogens is 1. The summed E-state index contributed by atoms with van der Waals surface area (Å²) >= 11 is 0. The van der Waals surface area contributed by atoms with Crippen molar-refractivity contribution in [3.05, 3.63) is 52.8 Å². The smallest absolute Gasteiger partial charge is 0.308 e. The predicted octanol–water partition coefficient (Wildman–Crippen LogP) is 2.95. The lowest BCUT2D eigenvalue weighted by Crippen LogP contribution is -2.30. The van der Waals surface area contributed by atoms with Crippen molar-refractivity contribution in [2.45, 2.75) is 27.2 Å². The van der Waals surface area contributed by atoms with Crippen LogP contribution in [0, 0.1) is 26.7 Å². The van der Waals surface area contributed by atoms with Crippen molar-refractivity contribution in [3.63, 3.8) is 0 Å². The predicted molar refractivity (Wildman–Crippen MR) is 91.6 cm³/mol. The molecule has 1 aliphatic heterocycles. The van der Waals surface area contributed by atoms with Crippen molar-refractivity contribution in [2.75, 3.05) is 13.1 Å². The van der Waals surface area contributed by atoms with E-state index in [1.165, 1.54) is 0 Å². The number of carbonyl (C=O) groups excluding carboxylic acids is 1. The number of hydrogen-bond donors (Lipinski definition) is 1. The highest BCUT2D eigenvalue weighted by molar-refractivity contribution is 5.96. The number of amides is 1. The minimum Gasteiger partial charge on any atom is -0.481 e. The Bertz CT molecular complexity index is 807. The largest absolute Gasteiger partial charge is 0.481 e. The molecule has 5 heteroatoms. The standard InChI is InChI=1S/C19H22N2O3/c1-12-5-4-6-16(9-12)21-13(2)10-17(14(21)3)18(22)20-8-7-15(11-20)19(23)24/h4-6,9-10,15H,7-8,11H2,1-3H3,(H,23,24).